The molecule has 0 spiro atoms. The highest BCUT2D eigenvalue weighted by molar-refractivity contribution is 6.35. The average molecular weight is 429 g/mol. The summed E-state index contributed by atoms with van der Waals surface area (Å²) in [6.07, 6.45) is 8.75. The third-order valence-electron chi connectivity index (χ3n) is 4.94. The van der Waals surface area contributed by atoms with Crippen molar-refractivity contribution in [1.82, 2.24) is 15.3 Å². The zero-order valence-corrected chi connectivity index (χ0v) is 17.3. The predicted octanol–water partition coefficient (Wildman–Crippen LogP) is 3.93. The fraction of sp³-hybridized carbons (Fsp3) is 0.227. The number of nitrogens with one attached hydrogen (secondary N) is 1. The zero-order chi connectivity index (χ0) is 20.7. The molecule has 0 aliphatic carbocycles. The highest BCUT2D eigenvalue weighted by Gasteiger charge is 2.39. The van der Waals surface area contributed by atoms with Crippen LogP contribution in [-0.2, 0) is 23.2 Å². The molecular formula is C22H22Cl2N4O. The van der Waals surface area contributed by atoms with Gasteiger partial charge in [-0.15, -0.1) is 0 Å². The number of halogens is 2. The number of amides is 1. The Balaban J connectivity index is 1.89. The Labute approximate surface area is 180 Å². The van der Waals surface area contributed by atoms with E-state index in [0.717, 1.165) is 17.5 Å². The van der Waals surface area contributed by atoms with Crippen LogP contribution in [0.2, 0.25) is 10.0 Å². The van der Waals surface area contributed by atoms with Gasteiger partial charge in [0.1, 0.15) is 5.54 Å². The van der Waals surface area contributed by atoms with Crippen LogP contribution in [0.3, 0.4) is 0 Å². The van der Waals surface area contributed by atoms with Crippen LogP contribution < -0.4 is 11.1 Å². The highest BCUT2D eigenvalue weighted by Crippen LogP contribution is 2.34. The molecule has 0 aliphatic heterocycles. The molecule has 1 atom stereocenters. The Hall–Kier alpha value is -2.47. The van der Waals surface area contributed by atoms with Gasteiger partial charge in [-0.1, -0.05) is 29.3 Å². The standard InChI is InChI=1S/C22H22Cl2N4O/c23-18-1-2-19(20(24)15-18)22(21(25)29,9-3-16-4-10-26-11-5-16)28-14-8-17-6-12-27-13-7-17/h1-2,4-7,10-13,15,28H,3,8-9,14H2,(H2,25,29). The summed E-state index contributed by atoms with van der Waals surface area (Å²) in [5.41, 5.74) is 7.61. The lowest BCUT2D eigenvalue weighted by molar-refractivity contribution is -0.125. The minimum absolute atomic E-state index is 0.405. The van der Waals surface area contributed by atoms with Crippen molar-refractivity contribution in [3.8, 4) is 0 Å². The maximum Gasteiger partial charge on any atom is 0.242 e. The number of carbonyl (C=O) groups excluding carboxylic acids is 1. The summed E-state index contributed by atoms with van der Waals surface area (Å²) in [5, 5.41) is 4.30. The van der Waals surface area contributed by atoms with Crippen LogP contribution >= 0.6 is 23.2 Å². The van der Waals surface area contributed by atoms with Gasteiger partial charge in [0.15, 0.2) is 0 Å². The smallest absolute Gasteiger partial charge is 0.242 e. The molecule has 0 aliphatic rings. The van der Waals surface area contributed by atoms with Crippen molar-refractivity contribution in [2.75, 3.05) is 6.54 Å². The monoisotopic (exact) mass is 428 g/mol. The average Bonchev–Trinajstić information content (AvgIpc) is 2.72. The first kappa shape index (κ1) is 21.2. The van der Waals surface area contributed by atoms with Gasteiger partial charge < -0.3 is 5.73 Å². The Morgan fingerprint density at radius 1 is 0.931 bits per heavy atom. The van der Waals surface area contributed by atoms with Gasteiger partial charge in [0.2, 0.25) is 5.91 Å². The van der Waals surface area contributed by atoms with E-state index in [4.69, 9.17) is 28.9 Å². The number of hydrogen-bond donors (Lipinski definition) is 2. The molecule has 3 N–H and O–H groups in total. The lowest BCUT2D eigenvalue weighted by atomic mass is 9.83. The molecule has 0 saturated heterocycles. The molecule has 2 heterocycles. The van der Waals surface area contributed by atoms with E-state index in [0.29, 0.717) is 35.0 Å². The summed E-state index contributed by atoms with van der Waals surface area (Å²) in [6, 6.07) is 12.9. The Morgan fingerprint density at radius 2 is 1.52 bits per heavy atom. The van der Waals surface area contributed by atoms with Crippen molar-refractivity contribution in [1.29, 1.82) is 0 Å². The summed E-state index contributed by atoms with van der Waals surface area (Å²) in [7, 11) is 0. The van der Waals surface area contributed by atoms with E-state index in [1.165, 1.54) is 0 Å². The van der Waals surface area contributed by atoms with E-state index in [1.54, 1.807) is 43.0 Å². The van der Waals surface area contributed by atoms with Crippen molar-refractivity contribution in [3.63, 3.8) is 0 Å². The molecule has 5 nitrogen and oxygen atoms in total. The normalized spacial score (nSPS) is 13.0. The third kappa shape index (κ3) is 5.32. The lowest BCUT2D eigenvalue weighted by Gasteiger charge is -2.33. The Morgan fingerprint density at radius 3 is 2.07 bits per heavy atom. The van der Waals surface area contributed by atoms with Crippen LogP contribution in [0, 0.1) is 0 Å². The van der Waals surface area contributed by atoms with Crippen molar-refractivity contribution < 1.29 is 4.79 Å². The summed E-state index contributed by atoms with van der Waals surface area (Å²) in [5.74, 6) is -0.481. The maximum atomic E-state index is 12.8. The number of hydrogen-bond acceptors (Lipinski definition) is 4. The van der Waals surface area contributed by atoms with Crippen LogP contribution in [-0.4, -0.2) is 22.4 Å². The second kappa shape index (κ2) is 9.83. The van der Waals surface area contributed by atoms with E-state index in [9.17, 15) is 4.79 Å². The van der Waals surface area contributed by atoms with Crippen LogP contribution in [0.25, 0.3) is 0 Å². The predicted molar refractivity (Wildman–Crippen MR) is 116 cm³/mol. The van der Waals surface area contributed by atoms with Gasteiger partial charge in [0, 0.05) is 46.9 Å². The summed E-state index contributed by atoms with van der Waals surface area (Å²) < 4.78 is 0. The molecule has 3 rings (SSSR count). The van der Waals surface area contributed by atoms with Crippen LogP contribution in [0.15, 0.2) is 67.3 Å². The van der Waals surface area contributed by atoms with Gasteiger partial charge >= 0.3 is 0 Å². The Bertz CT molecular complexity index is 954. The molecule has 3 aromatic rings. The molecule has 0 saturated carbocycles. The number of benzene rings is 1. The zero-order valence-electron chi connectivity index (χ0n) is 15.8. The van der Waals surface area contributed by atoms with Crippen molar-refractivity contribution in [2.45, 2.75) is 24.8 Å². The van der Waals surface area contributed by atoms with Crippen molar-refractivity contribution >= 4 is 29.1 Å². The van der Waals surface area contributed by atoms with Gasteiger partial charge in [0.05, 0.1) is 0 Å². The fourth-order valence-corrected chi connectivity index (χ4v) is 3.92. The molecule has 2 aromatic heterocycles. The molecule has 0 fully saturated rings. The maximum absolute atomic E-state index is 12.8. The van der Waals surface area contributed by atoms with E-state index in [2.05, 4.69) is 15.3 Å². The number of carbonyl (C=O) groups is 1. The van der Waals surface area contributed by atoms with Gasteiger partial charge in [-0.25, -0.2) is 0 Å². The van der Waals surface area contributed by atoms with Gasteiger partial charge in [-0.2, -0.15) is 0 Å². The molecular weight excluding hydrogens is 407 g/mol. The molecule has 1 unspecified atom stereocenters. The topological polar surface area (TPSA) is 80.9 Å². The highest BCUT2D eigenvalue weighted by atomic mass is 35.5. The molecule has 0 bridgehead atoms. The first-order valence-electron chi connectivity index (χ1n) is 9.29. The van der Waals surface area contributed by atoms with Gasteiger partial charge in [-0.05, 0) is 66.8 Å². The summed E-state index contributed by atoms with van der Waals surface area (Å²) in [6.45, 7) is 0.544. The number of primary amides is 1. The van der Waals surface area contributed by atoms with Crippen molar-refractivity contribution in [2.24, 2.45) is 5.73 Å². The van der Waals surface area contributed by atoms with Crippen molar-refractivity contribution in [3.05, 3.63) is 94.0 Å². The van der Waals surface area contributed by atoms with E-state index < -0.39 is 11.4 Å². The quantitative estimate of drug-likeness (QED) is 0.540. The number of nitrogens with two attached hydrogens (primary N) is 1. The first-order chi connectivity index (χ1) is 14.0. The molecule has 29 heavy (non-hydrogen) atoms. The Kier molecular flexibility index (Phi) is 7.20. The SMILES string of the molecule is NC(=O)C(CCc1ccncc1)(NCCc1ccncc1)c1ccc(Cl)cc1Cl. The van der Waals surface area contributed by atoms with E-state index in [-0.39, 0.29) is 0 Å². The molecule has 150 valence electrons. The number of aryl methyl sites for hydroxylation is 1. The molecule has 1 amide bonds. The minimum atomic E-state index is -1.13. The molecule has 7 heteroatoms. The van der Waals surface area contributed by atoms with E-state index in [1.807, 2.05) is 24.3 Å². The fourth-order valence-electron chi connectivity index (χ4n) is 3.35. The molecule has 0 radical (unpaired) electrons. The van der Waals surface area contributed by atoms with Gasteiger partial charge in [-0.3, -0.25) is 20.1 Å². The van der Waals surface area contributed by atoms with Gasteiger partial charge in [0.25, 0.3) is 0 Å². The number of rotatable bonds is 9. The lowest BCUT2D eigenvalue weighted by Crippen LogP contribution is -2.53. The largest absolute Gasteiger partial charge is 0.368 e. The third-order valence-corrected chi connectivity index (χ3v) is 5.49. The first-order valence-corrected chi connectivity index (χ1v) is 10.0. The number of pyridine rings is 2. The summed E-state index contributed by atoms with van der Waals surface area (Å²) in [4.78, 5) is 20.8. The summed E-state index contributed by atoms with van der Waals surface area (Å²) >= 11 is 12.6. The second-order valence-corrected chi connectivity index (χ2v) is 7.63. The van der Waals surface area contributed by atoms with E-state index >= 15 is 0 Å². The van der Waals surface area contributed by atoms with Crippen LogP contribution in [0.5, 0.6) is 0 Å². The van der Waals surface area contributed by atoms with Crippen LogP contribution in [0.1, 0.15) is 23.1 Å². The van der Waals surface area contributed by atoms with Crippen LogP contribution in [0.4, 0.5) is 0 Å². The number of aromatic nitrogens is 2. The number of nitrogens with zero attached hydrogens (tertiary/aromatic N) is 2. The minimum Gasteiger partial charge on any atom is -0.368 e. The molecule has 1 aromatic carbocycles. The second-order valence-electron chi connectivity index (χ2n) is 6.78.